The van der Waals surface area contributed by atoms with Crippen LogP contribution in [-0.2, 0) is 0 Å². The van der Waals surface area contributed by atoms with Crippen LogP contribution in [0.2, 0.25) is 0 Å². The lowest BCUT2D eigenvalue weighted by Gasteiger charge is -2.13. The minimum absolute atomic E-state index is 0.108. The normalized spacial score (nSPS) is 11.0. The Balaban J connectivity index is 2.66. The smallest absolute Gasteiger partial charge is 0.274 e. The van der Waals surface area contributed by atoms with Crippen molar-refractivity contribution in [1.82, 2.24) is 15.1 Å². The highest BCUT2D eigenvalue weighted by atomic mass is 32.1. The largest absolute Gasteiger partial charge is 0.350 e. The number of fused-ring (bicyclic) bond motifs is 1. The predicted molar refractivity (Wildman–Crippen MR) is 82.6 cm³/mol. The molecule has 20 heavy (non-hydrogen) atoms. The summed E-state index contributed by atoms with van der Waals surface area (Å²) < 4.78 is 1.35. The summed E-state index contributed by atoms with van der Waals surface area (Å²) in [4.78, 5) is 24.5. The van der Waals surface area contributed by atoms with E-state index in [2.05, 4.69) is 23.0 Å². The SMILES string of the molecule is CC(C)n1nc(C(=O)NCCS)c2ccccc2c1=O. The minimum Gasteiger partial charge on any atom is -0.350 e. The molecule has 0 aliphatic heterocycles. The van der Waals surface area contributed by atoms with Gasteiger partial charge in [0.1, 0.15) is 0 Å². The molecule has 0 aliphatic carbocycles. The van der Waals surface area contributed by atoms with Gasteiger partial charge in [-0.25, -0.2) is 4.68 Å². The molecule has 0 saturated heterocycles. The predicted octanol–water partition coefficient (Wildman–Crippen LogP) is 1.64. The van der Waals surface area contributed by atoms with Crippen LogP contribution in [0.25, 0.3) is 10.8 Å². The van der Waals surface area contributed by atoms with Crippen molar-refractivity contribution in [3.63, 3.8) is 0 Å². The third-order valence-corrected chi connectivity index (χ3v) is 3.15. The zero-order valence-electron chi connectivity index (χ0n) is 11.5. The van der Waals surface area contributed by atoms with Crippen molar-refractivity contribution in [3.05, 3.63) is 40.3 Å². The Kier molecular flexibility index (Phi) is 4.44. The fourth-order valence-corrected chi connectivity index (χ4v) is 2.09. The van der Waals surface area contributed by atoms with Crippen LogP contribution in [-0.4, -0.2) is 28.0 Å². The Morgan fingerprint density at radius 1 is 1.35 bits per heavy atom. The number of carbonyl (C=O) groups is 1. The lowest BCUT2D eigenvalue weighted by Crippen LogP contribution is -2.32. The average molecular weight is 291 g/mol. The summed E-state index contributed by atoms with van der Waals surface area (Å²) in [6, 6.07) is 6.92. The van der Waals surface area contributed by atoms with Gasteiger partial charge >= 0.3 is 0 Å². The van der Waals surface area contributed by atoms with E-state index in [4.69, 9.17) is 0 Å². The fourth-order valence-electron chi connectivity index (χ4n) is 1.98. The molecular weight excluding hydrogens is 274 g/mol. The maximum Gasteiger partial charge on any atom is 0.274 e. The van der Waals surface area contributed by atoms with E-state index in [0.29, 0.717) is 23.1 Å². The molecule has 1 amide bonds. The standard InChI is InChI=1S/C14H17N3O2S/c1-9(2)17-14(19)11-6-4-3-5-10(11)12(16-17)13(18)15-7-8-20/h3-6,9,20H,7-8H2,1-2H3,(H,15,18). The van der Waals surface area contributed by atoms with E-state index in [-0.39, 0.29) is 23.2 Å². The third-order valence-electron chi connectivity index (χ3n) is 2.93. The van der Waals surface area contributed by atoms with Crippen molar-refractivity contribution >= 4 is 29.3 Å². The molecule has 1 heterocycles. The number of rotatable bonds is 4. The van der Waals surface area contributed by atoms with Crippen molar-refractivity contribution in [3.8, 4) is 0 Å². The zero-order chi connectivity index (χ0) is 14.7. The van der Waals surface area contributed by atoms with Gasteiger partial charge < -0.3 is 5.32 Å². The molecule has 0 radical (unpaired) electrons. The fraction of sp³-hybridized carbons (Fsp3) is 0.357. The average Bonchev–Trinajstić information content (AvgIpc) is 2.45. The molecule has 5 nitrogen and oxygen atoms in total. The van der Waals surface area contributed by atoms with Crippen LogP contribution in [0.1, 0.15) is 30.4 Å². The van der Waals surface area contributed by atoms with Crippen molar-refractivity contribution in [2.45, 2.75) is 19.9 Å². The third kappa shape index (κ3) is 2.70. The Morgan fingerprint density at radius 2 is 2.00 bits per heavy atom. The van der Waals surface area contributed by atoms with Gasteiger partial charge in [-0.3, -0.25) is 9.59 Å². The van der Waals surface area contributed by atoms with Gasteiger partial charge in [0.25, 0.3) is 11.5 Å². The van der Waals surface area contributed by atoms with Crippen molar-refractivity contribution < 1.29 is 4.79 Å². The van der Waals surface area contributed by atoms with E-state index < -0.39 is 0 Å². The van der Waals surface area contributed by atoms with Gasteiger partial charge in [0, 0.05) is 17.7 Å². The maximum absolute atomic E-state index is 12.3. The van der Waals surface area contributed by atoms with Gasteiger partial charge in [-0.05, 0) is 19.9 Å². The van der Waals surface area contributed by atoms with E-state index in [1.165, 1.54) is 4.68 Å². The lowest BCUT2D eigenvalue weighted by atomic mass is 10.1. The van der Waals surface area contributed by atoms with Gasteiger partial charge in [-0.15, -0.1) is 0 Å². The van der Waals surface area contributed by atoms with Crippen LogP contribution in [0.5, 0.6) is 0 Å². The summed E-state index contributed by atoms with van der Waals surface area (Å²) >= 11 is 4.06. The zero-order valence-corrected chi connectivity index (χ0v) is 12.4. The van der Waals surface area contributed by atoms with E-state index in [1.807, 2.05) is 13.8 Å². The van der Waals surface area contributed by atoms with Crippen LogP contribution < -0.4 is 10.9 Å². The monoisotopic (exact) mass is 291 g/mol. The molecule has 6 heteroatoms. The van der Waals surface area contributed by atoms with Crippen LogP contribution >= 0.6 is 12.6 Å². The maximum atomic E-state index is 12.3. The van der Waals surface area contributed by atoms with Gasteiger partial charge in [0.15, 0.2) is 5.69 Å². The number of nitrogens with one attached hydrogen (secondary N) is 1. The van der Waals surface area contributed by atoms with Crippen LogP contribution in [0.15, 0.2) is 29.1 Å². The molecule has 1 aromatic carbocycles. The summed E-state index contributed by atoms with van der Waals surface area (Å²) in [7, 11) is 0. The molecule has 2 rings (SSSR count). The highest BCUT2D eigenvalue weighted by molar-refractivity contribution is 7.80. The highest BCUT2D eigenvalue weighted by Crippen LogP contribution is 2.14. The topological polar surface area (TPSA) is 64.0 Å². The summed E-state index contributed by atoms with van der Waals surface area (Å²) in [6.45, 7) is 4.18. The second kappa shape index (κ2) is 6.09. The first-order chi connectivity index (χ1) is 9.56. The molecule has 106 valence electrons. The second-order valence-corrected chi connectivity index (χ2v) is 5.16. The molecule has 0 atom stereocenters. The van der Waals surface area contributed by atoms with E-state index in [1.54, 1.807) is 24.3 Å². The number of nitrogens with zero attached hydrogens (tertiary/aromatic N) is 2. The highest BCUT2D eigenvalue weighted by Gasteiger charge is 2.17. The first kappa shape index (κ1) is 14.6. The molecule has 0 saturated carbocycles. The van der Waals surface area contributed by atoms with Gasteiger partial charge in [-0.1, -0.05) is 18.2 Å². The molecule has 0 bridgehead atoms. The number of hydrogen-bond acceptors (Lipinski definition) is 4. The Morgan fingerprint density at radius 3 is 2.60 bits per heavy atom. The second-order valence-electron chi connectivity index (χ2n) is 4.72. The number of hydrogen-bond donors (Lipinski definition) is 2. The summed E-state index contributed by atoms with van der Waals surface area (Å²) in [6.07, 6.45) is 0. The summed E-state index contributed by atoms with van der Waals surface area (Å²) in [5.41, 5.74) is 0.0945. The Bertz CT molecular complexity index is 694. The minimum atomic E-state index is -0.287. The van der Waals surface area contributed by atoms with Gasteiger partial charge in [0.05, 0.1) is 11.4 Å². The van der Waals surface area contributed by atoms with Crippen LogP contribution in [0.4, 0.5) is 0 Å². The van der Waals surface area contributed by atoms with Crippen LogP contribution in [0.3, 0.4) is 0 Å². The summed E-state index contributed by atoms with van der Waals surface area (Å²) in [5.74, 6) is 0.262. The molecule has 2 aromatic rings. The number of thiol groups is 1. The number of benzene rings is 1. The van der Waals surface area contributed by atoms with Crippen molar-refractivity contribution in [2.24, 2.45) is 0 Å². The van der Waals surface area contributed by atoms with E-state index in [0.717, 1.165) is 0 Å². The molecule has 1 aromatic heterocycles. The van der Waals surface area contributed by atoms with E-state index >= 15 is 0 Å². The Labute approximate surface area is 122 Å². The molecule has 1 N–H and O–H groups in total. The first-order valence-electron chi connectivity index (χ1n) is 6.47. The molecule has 0 fully saturated rings. The van der Waals surface area contributed by atoms with Gasteiger partial charge in [-0.2, -0.15) is 17.7 Å². The lowest BCUT2D eigenvalue weighted by molar-refractivity contribution is 0.0950. The van der Waals surface area contributed by atoms with Crippen molar-refractivity contribution in [2.75, 3.05) is 12.3 Å². The quantitative estimate of drug-likeness (QED) is 0.842. The molecule has 0 aliphatic rings. The first-order valence-corrected chi connectivity index (χ1v) is 7.10. The van der Waals surface area contributed by atoms with Crippen molar-refractivity contribution in [1.29, 1.82) is 0 Å². The summed E-state index contributed by atoms with van der Waals surface area (Å²) in [5, 5.41) is 8.03. The van der Waals surface area contributed by atoms with E-state index in [9.17, 15) is 9.59 Å². The molecule has 0 spiro atoms. The number of carbonyl (C=O) groups excluding carboxylic acids is 1. The number of aromatic nitrogens is 2. The Hall–Kier alpha value is -1.82. The molecular formula is C14H17N3O2S. The number of amides is 1. The van der Waals surface area contributed by atoms with Crippen LogP contribution in [0, 0.1) is 0 Å². The molecule has 0 unspecified atom stereocenters. The van der Waals surface area contributed by atoms with Gasteiger partial charge in [0.2, 0.25) is 0 Å².